The second kappa shape index (κ2) is 7.47. The highest BCUT2D eigenvalue weighted by Crippen LogP contribution is 2.26. The SMILES string of the molecule is CN1CCC(CNC(=O)Nc2cc(F)ccc2Cl)(N(C)C)CC1. The van der Waals surface area contributed by atoms with Gasteiger partial charge < -0.3 is 20.4 Å². The molecule has 2 amide bonds. The number of amides is 2. The summed E-state index contributed by atoms with van der Waals surface area (Å²) in [6, 6.07) is 3.51. The topological polar surface area (TPSA) is 47.6 Å². The minimum absolute atomic E-state index is 0.0599. The number of anilines is 1. The Labute approximate surface area is 141 Å². The van der Waals surface area contributed by atoms with E-state index in [1.54, 1.807) is 0 Å². The average molecular weight is 343 g/mol. The van der Waals surface area contributed by atoms with Crippen LogP contribution in [0.4, 0.5) is 14.9 Å². The van der Waals surface area contributed by atoms with Crippen molar-refractivity contribution in [2.24, 2.45) is 0 Å². The van der Waals surface area contributed by atoms with E-state index >= 15 is 0 Å². The zero-order valence-electron chi connectivity index (χ0n) is 13.8. The summed E-state index contributed by atoms with van der Waals surface area (Å²) in [5, 5.41) is 5.81. The van der Waals surface area contributed by atoms with Crippen LogP contribution in [0.5, 0.6) is 0 Å². The van der Waals surface area contributed by atoms with Crippen molar-refractivity contribution >= 4 is 23.3 Å². The lowest BCUT2D eigenvalue weighted by Crippen LogP contribution is -2.58. The van der Waals surface area contributed by atoms with Gasteiger partial charge in [0.05, 0.1) is 10.7 Å². The normalized spacial score (nSPS) is 18.0. The van der Waals surface area contributed by atoms with Crippen molar-refractivity contribution < 1.29 is 9.18 Å². The lowest BCUT2D eigenvalue weighted by Gasteiger charge is -2.45. The Morgan fingerprint density at radius 1 is 1.39 bits per heavy atom. The van der Waals surface area contributed by atoms with Gasteiger partial charge >= 0.3 is 6.03 Å². The minimum atomic E-state index is -0.440. The summed E-state index contributed by atoms with van der Waals surface area (Å²) in [6.45, 7) is 2.53. The molecule has 1 aliphatic rings. The van der Waals surface area contributed by atoms with Gasteiger partial charge in [0, 0.05) is 12.1 Å². The maximum Gasteiger partial charge on any atom is 0.319 e. The van der Waals surface area contributed by atoms with Crippen LogP contribution in [0.2, 0.25) is 5.02 Å². The fourth-order valence-electron chi connectivity index (χ4n) is 2.82. The van der Waals surface area contributed by atoms with Crippen molar-refractivity contribution in [2.75, 3.05) is 46.1 Å². The van der Waals surface area contributed by atoms with Gasteiger partial charge in [-0.1, -0.05) is 11.6 Å². The van der Waals surface area contributed by atoms with E-state index < -0.39 is 5.82 Å². The molecule has 1 aliphatic heterocycles. The molecule has 1 fully saturated rings. The maximum absolute atomic E-state index is 13.2. The van der Waals surface area contributed by atoms with Crippen LogP contribution in [0.25, 0.3) is 0 Å². The first-order valence-electron chi connectivity index (χ1n) is 7.68. The monoisotopic (exact) mass is 342 g/mol. The smallest absolute Gasteiger partial charge is 0.319 e. The molecular weight excluding hydrogens is 319 g/mol. The number of likely N-dealkylation sites (tertiary alicyclic amines) is 1. The Bertz CT molecular complexity index is 559. The number of halogens is 2. The molecule has 7 heteroatoms. The molecule has 0 atom stereocenters. The molecule has 1 aromatic carbocycles. The first-order chi connectivity index (χ1) is 10.8. The third-order valence-corrected chi connectivity index (χ3v) is 4.95. The van der Waals surface area contributed by atoms with Crippen molar-refractivity contribution in [3.63, 3.8) is 0 Å². The van der Waals surface area contributed by atoms with Crippen LogP contribution < -0.4 is 10.6 Å². The number of nitrogens with one attached hydrogen (secondary N) is 2. The van der Waals surface area contributed by atoms with Crippen molar-refractivity contribution in [3.8, 4) is 0 Å². The van der Waals surface area contributed by atoms with Crippen LogP contribution >= 0.6 is 11.6 Å². The summed E-state index contributed by atoms with van der Waals surface area (Å²) in [4.78, 5) is 16.6. The molecule has 1 heterocycles. The fourth-order valence-corrected chi connectivity index (χ4v) is 2.99. The molecule has 0 radical (unpaired) electrons. The maximum atomic E-state index is 13.2. The second-order valence-electron chi connectivity index (χ2n) is 6.35. The van der Waals surface area contributed by atoms with Crippen LogP contribution in [0.3, 0.4) is 0 Å². The van der Waals surface area contributed by atoms with E-state index in [1.807, 2.05) is 14.1 Å². The molecule has 0 saturated carbocycles. The minimum Gasteiger partial charge on any atom is -0.336 e. The van der Waals surface area contributed by atoms with Crippen LogP contribution in [0, 0.1) is 5.82 Å². The standard InChI is InChI=1S/C16H24ClFN4O/c1-21(2)16(6-8-22(3)9-7-16)11-19-15(23)20-14-10-12(18)4-5-13(14)17/h4-5,10H,6-9,11H2,1-3H3,(H2,19,20,23). The van der Waals surface area contributed by atoms with Crippen LogP contribution in [0.1, 0.15) is 12.8 Å². The van der Waals surface area contributed by atoms with Crippen LogP contribution in [-0.2, 0) is 0 Å². The van der Waals surface area contributed by atoms with Crippen LogP contribution in [0.15, 0.2) is 18.2 Å². The second-order valence-corrected chi connectivity index (χ2v) is 6.76. The highest BCUT2D eigenvalue weighted by molar-refractivity contribution is 6.33. The van der Waals surface area contributed by atoms with Gasteiger partial charge in [0.15, 0.2) is 0 Å². The molecule has 23 heavy (non-hydrogen) atoms. The molecule has 1 saturated heterocycles. The van der Waals surface area contributed by atoms with Crippen molar-refractivity contribution in [1.29, 1.82) is 0 Å². The van der Waals surface area contributed by atoms with E-state index in [1.165, 1.54) is 18.2 Å². The first-order valence-corrected chi connectivity index (χ1v) is 8.06. The number of benzene rings is 1. The molecular formula is C16H24ClFN4O. The fraction of sp³-hybridized carbons (Fsp3) is 0.562. The zero-order chi connectivity index (χ0) is 17.0. The number of hydrogen-bond donors (Lipinski definition) is 2. The van der Waals surface area contributed by atoms with Crippen LogP contribution in [-0.4, -0.2) is 62.1 Å². The molecule has 2 N–H and O–H groups in total. The number of carbonyl (C=O) groups excluding carboxylic acids is 1. The lowest BCUT2D eigenvalue weighted by atomic mass is 9.86. The number of piperidine rings is 1. The number of hydrogen-bond acceptors (Lipinski definition) is 3. The molecule has 0 spiro atoms. The molecule has 0 aliphatic carbocycles. The van der Waals surface area contributed by atoms with E-state index in [2.05, 4.69) is 27.5 Å². The third-order valence-electron chi connectivity index (χ3n) is 4.62. The summed E-state index contributed by atoms with van der Waals surface area (Å²) < 4.78 is 13.2. The van der Waals surface area contributed by atoms with Gasteiger partial charge in [0.2, 0.25) is 0 Å². The molecule has 0 aromatic heterocycles. The van der Waals surface area contributed by atoms with E-state index in [-0.39, 0.29) is 17.3 Å². The van der Waals surface area contributed by atoms with Crippen molar-refractivity contribution in [3.05, 3.63) is 29.0 Å². The largest absolute Gasteiger partial charge is 0.336 e. The van der Waals surface area contributed by atoms with Gasteiger partial charge in [0.25, 0.3) is 0 Å². The highest BCUT2D eigenvalue weighted by Gasteiger charge is 2.36. The summed E-state index contributed by atoms with van der Waals surface area (Å²) in [6.07, 6.45) is 1.97. The summed E-state index contributed by atoms with van der Waals surface area (Å²) >= 11 is 5.96. The number of likely N-dealkylation sites (N-methyl/N-ethyl adjacent to an activating group) is 1. The van der Waals surface area contributed by atoms with Crippen molar-refractivity contribution in [2.45, 2.75) is 18.4 Å². The molecule has 128 valence electrons. The predicted octanol–water partition coefficient (Wildman–Crippen LogP) is 2.63. The van der Waals surface area contributed by atoms with Gasteiger partial charge in [-0.25, -0.2) is 9.18 Å². The first kappa shape index (κ1) is 18.0. The molecule has 0 unspecified atom stereocenters. The van der Waals surface area contributed by atoms with Crippen molar-refractivity contribution in [1.82, 2.24) is 15.1 Å². The van der Waals surface area contributed by atoms with Gasteiger partial charge in [0.1, 0.15) is 5.82 Å². The number of rotatable bonds is 4. The molecule has 2 rings (SSSR count). The average Bonchev–Trinajstić information content (AvgIpc) is 2.50. The molecule has 0 bridgehead atoms. The third kappa shape index (κ3) is 4.56. The Morgan fingerprint density at radius 2 is 2.04 bits per heavy atom. The quantitative estimate of drug-likeness (QED) is 0.884. The van der Waals surface area contributed by atoms with Gasteiger partial charge in [-0.05, 0) is 65.3 Å². The number of nitrogens with zero attached hydrogens (tertiary/aromatic N) is 2. The van der Waals surface area contributed by atoms with Gasteiger partial charge in [-0.15, -0.1) is 0 Å². The Morgan fingerprint density at radius 3 is 2.65 bits per heavy atom. The summed E-state index contributed by atoms with van der Waals surface area (Å²) in [5.41, 5.74) is 0.210. The summed E-state index contributed by atoms with van der Waals surface area (Å²) in [5.74, 6) is -0.440. The Kier molecular flexibility index (Phi) is 5.84. The lowest BCUT2D eigenvalue weighted by molar-refractivity contribution is 0.0684. The van der Waals surface area contributed by atoms with Gasteiger partial charge in [-0.2, -0.15) is 0 Å². The molecule has 1 aromatic rings. The Hall–Kier alpha value is -1.37. The van der Waals surface area contributed by atoms with E-state index in [0.29, 0.717) is 11.6 Å². The molecule has 5 nitrogen and oxygen atoms in total. The Balaban J connectivity index is 1.95. The number of carbonyl (C=O) groups is 1. The highest BCUT2D eigenvalue weighted by atomic mass is 35.5. The predicted molar refractivity (Wildman–Crippen MR) is 91.6 cm³/mol. The summed E-state index contributed by atoms with van der Waals surface area (Å²) in [7, 11) is 6.17. The number of urea groups is 1. The van der Waals surface area contributed by atoms with E-state index in [0.717, 1.165) is 25.9 Å². The van der Waals surface area contributed by atoms with E-state index in [4.69, 9.17) is 11.6 Å². The van der Waals surface area contributed by atoms with E-state index in [9.17, 15) is 9.18 Å². The zero-order valence-corrected chi connectivity index (χ0v) is 14.6. The van der Waals surface area contributed by atoms with Gasteiger partial charge in [-0.3, -0.25) is 0 Å².